The summed E-state index contributed by atoms with van der Waals surface area (Å²) in [7, 11) is 0. The Bertz CT molecular complexity index is 101. The lowest BCUT2D eigenvalue weighted by atomic mass is 10.1. The van der Waals surface area contributed by atoms with E-state index in [-0.39, 0.29) is 11.0 Å². The third-order valence-electron chi connectivity index (χ3n) is 1.66. The first-order valence-corrected chi connectivity index (χ1v) is 4.36. The zero-order valence-electron chi connectivity index (χ0n) is 6.76. The summed E-state index contributed by atoms with van der Waals surface area (Å²) in [6, 6.07) is 0. The number of thiol groups is 1. The number of unbranched alkanes of at least 4 members (excludes halogenated alkanes) is 2. The molecule has 0 fully saturated rings. The second-order valence-electron chi connectivity index (χ2n) is 2.74. The molecule has 1 nitrogen and oxygen atoms in total. The van der Waals surface area contributed by atoms with Crippen LogP contribution in [0.2, 0.25) is 0 Å². The van der Waals surface area contributed by atoms with Crippen LogP contribution in [0.15, 0.2) is 0 Å². The van der Waals surface area contributed by atoms with Crippen LogP contribution in [0.5, 0.6) is 0 Å². The minimum atomic E-state index is 0.0242. The van der Waals surface area contributed by atoms with E-state index in [1.165, 1.54) is 12.8 Å². The molecule has 2 heteroatoms. The van der Waals surface area contributed by atoms with Gasteiger partial charge in [0.1, 0.15) is 0 Å². The van der Waals surface area contributed by atoms with Crippen LogP contribution in [0.1, 0.15) is 39.5 Å². The van der Waals surface area contributed by atoms with Crippen molar-refractivity contribution in [1.82, 2.24) is 0 Å². The Kier molecular flexibility index (Phi) is 5.79. The first kappa shape index (κ1) is 10.0. The Morgan fingerprint density at radius 1 is 1.50 bits per heavy atom. The lowest BCUT2D eigenvalue weighted by Crippen LogP contribution is -2.02. The van der Waals surface area contributed by atoms with E-state index in [0.29, 0.717) is 0 Å². The average Bonchev–Trinajstić information content (AvgIpc) is 1.88. The van der Waals surface area contributed by atoms with E-state index in [2.05, 4.69) is 19.6 Å². The standard InChI is InChI=1S/C8H16OS/c1-3-4-5-6-7(2)8(9)10/h7H,3-6H2,1-2H3,(H,9,10)/t7-/m0/s1. The Morgan fingerprint density at radius 3 is 2.50 bits per heavy atom. The number of hydrogen-bond acceptors (Lipinski definition) is 1. The largest absolute Gasteiger partial charge is 0.287 e. The van der Waals surface area contributed by atoms with Gasteiger partial charge in [-0.15, -0.1) is 12.6 Å². The second-order valence-corrected chi connectivity index (χ2v) is 3.18. The molecule has 0 aliphatic heterocycles. The number of carbonyl (C=O) groups is 1. The number of hydrogen-bond donors (Lipinski definition) is 1. The van der Waals surface area contributed by atoms with Crippen LogP contribution in [-0.2, 0) is 4.79 Å². The summed E-state index contributed by atoms with van der Waals surface area (Å²) >= 11 is 3.76. The Labute approximate surface area is 68.6 Å². The molecule has 0 saturated heterocycles. The van der Waals surface area contributed by atoms with Gasteiger partial charge >= 0.3 is 0 Å². The van der Waals surface area contributed by atoms with Crippen LogP contribution in [0, 0.1) is 5.92 Å². The van der Waals surface area contributed by atoms with E-state index in [9.17, 15) is 4.79 Å². The Morgan fingerprint density at radius 2 is 2.10 bits per heavy atom. The molecule has 0 radical (unpaired) electrons. The van der Waals surface area contributed by atoms with Gasteiger partial charge in [0.05, 0.1) is 0 Å². The van der Waals surface area contributed by atoms with Gasteiger partial charge in [-0.3, -0.25) is 4.79 Å². The summed E-state index contributed by atoms with van der Waals surface area (Å²) in [5, 5.41) is 0.0242. The van der Waals surface area contributed by atoms with Crippen LogP contribution in [0.3, 0.4) is 0 Å². The van der Waals surface area contributed by atoms with Crippen LogP contribution in [0.25, 0.3) is 0 Å². The summed E-state index contributed by atoms with van der Waals surface area (Å²) in [6.45, 7) is 4.10. The molecule has 0 rings (SSSR count). The highest BCUT2D eigenvalue weighted by molar-refractivity contribution is 7.96. The molecule has 0 aromatic rings. The normalized spacial score (nSPS) is 13.1. The maximum absolute atomic E-state index is 10.6. The van der Waals surface area contributed by atoms with E-state index in [1.54, 1.807) is 0 Å². The zero-order valence-corrected chi connectivity index (χ0v) is 7.66. The van der Waals surface area contributed by atoms with E-state index in [1.807, 2.05) is 6.92 Å². The van der Waals surface area contributed by atoms with Gasteiger partial charge in [0.2, 0.25) is 0 Å². The van der Waals surface area contributed by atoms with Crippen molar-refractivity contribution in [2.24, 2.45) is 5.92 Å². The van der Waals surface area contributed by atoms with E-state index >= 15 is 0 Å². The summed E-state index contributed by atoms with van der Waals surface area (Å²) in [5.74, 6) is 0.148. The Balaban J connectivity index is 3.21. The van der Waals surface area contributed by atoms with Gasteiger partial charge in [-0.05, 0) is 6.42 Å². The van der Waals surface area contributed by atoms with Gasteiger partial charge in [-0.25, -0.2) is 0 Å². The highest BCUT2D eigenvalue weighted by Crippen LogP contribution is 2.11. The van der Waals surface area contributed by atoms with Crippen molar-refractivity contribution in [2.75, 3.05) is 0 Å². The summed E-state index contributed by atoms with van der Waals surface area (Å²) in [6.07, 6.45) is 4.60. The van der Waals surface area contributed by atoms with Crippen molar-refractivity contribution in [1.29, 1.82) is 0 Å². The van der Waals surface area contributed by atoms with Gasteiger partial charge in [-0.1, -0.05) is 33.1 Å². The minimum absolute atomic E-state index is 0.0242. The molecule has 0 spiro atoms. The summed E-state index contributed by atoms with van der Waals surface area (Å²) in [5.41, 5.74) is 0. The van der Waals surface area contributed by atoms with Gasteiger partial charge in [0.15, 0.2) is 5.12 Å². The van der Waals surface area contributed by atoms with Crippen molar-refractivity contribution < 1.29 is 4.79 Å². The Hall–Kier alpha value is 0.0200. The molecule has 0 bridgehead atoms. The highest BCUT2D eigenvalue weighted by atomic mass is 32.1. The lowest BCUT2D eigenvalue weighted by Gasteiger charge is -2.04. The van der Waals surface area contributed by atoms with Gasteiger partial charge < -0.3 is 0 Å². The molecule has 10 heavy (non-hydrogen) atoms. The molecule has 0 aliphatic carbocycles. The smallest absolute Gasteiger partial charge is 0.188 e. The molecule has 0 saturated carbocycles. The van der Waals surface area contributed by atoms with Gasteiger partial charge in [-0.2, -0.15) is 0 Å². The van der Waals surface area contributed by atoms with E-state index in [0.717, 1.165) is 12.8 Å². The predicted octanol–water partition coefficient (Wildman–Crippen LogP) is 2.66. The van der Waals surface area contributed by atoms with Gasteiger partial charge in [0, 0.05) is 5.92 Å². The fourth-order valence-corrected chi connectivity index (χ4v) is 0.953. The lowest BCUT2D eigenvalue weighted by molar-refractivity contribution is -0.113. The molecule has 60 valence electrons. The van der Waals surface area contributed by atoms with Crippen molar-refractivity contribution >= 4 is 17.7 Å². The van der Waals surface area contributed by atoms with Crippen LogP contribution in [-0.4, -0.2) is 5.12 Å². The molecule has 0 aromatic heterocycles. The fraction of sp³-hybridized carbons (Fsp3) is 0.875. The number of carbonyl (C=O) groups excluding carboxylic acids is 1. The molecular weight excluding hydrogens is 144 g/mol. The van der Waals surface area contributed by atoms with Crippen molar-refractivity contribution in [2.45, 2.75) is 39.5 Å². The SMILES string of the molecule is CCCCC[C@H](C)C(=O)S. The first-order valence-electron chi connectivity index (χ1n) is 3.91. The molecule has 0 heterocycles. The minimum Gasteiger partial charge on any atom is -0.287 e. The fourth-order valence-electron chi connectivity index (χ4n) is 0.824. The third-order valence-corrected chi connectivity index (χ3v) is 2.10. The summed E-state index contributed by atoms with van der Waals surface area (Å²) in [4.78, 5) is 10.6. The van der Waals surface area contributed by atoms with E-state index < -0.39 is 0 Å². The van der Waals surface area contributed by atoms with Crippen LogP contribution in [0.4, 0.5) is 0 Å². The molecule has 0 aliphatic rings. The van der Waals surface area contributed by atoms with Crippen LogP contribution < -0.4 is 0 Å². The van der Waals surface area contributed by atoms with Crippen molar-refractivity contribution in [3.8, 4) is 0 Å². The molecule has 1 atom stereocenters. The summed E-state index contributed by atoms with van der Waals surface area (Å²) < 4.78 is 0. The van der Waals surface area contributed by atoms with Crippen LogP contribution >= 0.6 is 12.6 Å². The molecular formula is C8H16OS. The topological polar surface area (TPSA) is 17.1 Å². The number of rotatable bonds is 5. The maximum Gasteiger partial charge on any atom is 0.188 e. The predicted molar refractivity (Wildman–Crippen MR) is 47.3 cm³/mol. The monoisotopic (exact) mass is 160 g/mol. The van der Waals surface area contributed by atoms with Gasteiger partial charge in [0.25, 0.3) is 0 Å². The van der Waals surface area contributed by atoms with Crippen molar-refractivity contribution in [3.05, 3.63) is 0 Å². The maximum atomic E-state index is 10.6. The van der Waals surface area contributed by atoms with E-state index in [4.69, 9.17) is 0 Å². The zero-order chi connectivity index (χ0) is 7.98. The third kappa shape index (κ3) is 4.86. The first-order chi connectivity index (χ1) is 4.68. The van der Waals surface area contributed by atoms with Crippen molar-refractivity contribution in [3.63, 3.8) is 0 Å². The quantitative estimate of drug-likeness (QED) is 0.483. The molecule has 0 N–H and O–H groups in total. The molecule has 0 aromatic carbocycles. The highest BCUT2D eigenvalue weighted by Gasteiger charge is 2.06. The second kappa shape index (κ2) is 5.78. The molecule has 0 unspecified atom stereocenters. The molecule has 0 amide bonds. The average molecular weight is 160 g/mol.